The largest absolute Gasteiger partial charge is 0.489 e. The van der Waals surface area contributed by atoms with E-state index >= 15 is 0 Å². The summed E-state index contributed by atoms with van der Waals surface area (Å²) in [4.78, 5) is 13.8. The molecule has 0 bridgehead atoms. The number of carbonyl (C=O) groups is 1. The Balaban J connectivity index is 1.67. The van der Waals surface area contributed by atoms with Crippen LogP contribution in [0.2, 0.25) is 5.02 Å². The fourth-order valence-corrected chi connectivity index (χ4v) is 3.16. The molecule has 1 N–H and O–H groups in total. The predicted octanol–water partition coefficient (Wildman–Crippen LogP) is 4.02. The van der Waals surface area contributed by atoms with Crippen LogP contribution in [-0.4, -0.2) is 37.2 Å². The van der Waals surface area contributed by atoms with Gasteiger partial charge in [0.05, 0.1) is 6.04 Å². The van der Waals surface area contributed by atoms with Gasteiger partial charge in [0.25, 0.3) is 0 Å². The fraction of sp³-hybridized carbons (Fsp3) is 0.350. The topological polar surface area (TPSA) is 50.8 Å². The third kappa shape index (κ3) is 4.29. The first-order valence-corrected chi connectivity index (χ1v) is 8.92. The lowest BCUT2D eigenvalue weighted by Crippen LogP contribution is -2.40. The van der Waals surface area contributed by atoms with Crippen molar-refractivity contribution in [2.75, 3.05) is 14.1 Å². The molecule has 0 spiro atoms. The number of amides is 1. The summed E-state index contributed by atoms with van der Waals surface area (Å²) in [5.74, 6) is 0.760. The zero-order valence-electron chi connectivity index (χ0n) is 15.1. The second-order valence-corrected chi connectivity index (χ2v) is 7.12. The highest BCUT2D eigenvalue weighted by Crippen LogP contribution is 2.29. The molecule has 1 aliphatic heterocycles. The standard InChI is InChI=1S/C20H23ClN2O3/c1-13(23(2)3)19-18(22-20(24)26-19)15-7-9-17(10-8-15)25-12-14-5-4-6-16(21)11-14/h4-11,13,18-19H,12H2,1-3H3,(H,22,24). The number of benzene rings is 2. The van der Waals surface area contributed by atoms with E-state index in [1.807, 2.05) is 74.4 Å². The van der Waals surface area contributed by atoms with E-state index in [1.165, 1.54) is 0 Å². The van der Waals surface area contributed by atoms with E-state index in [-0.39, 0.29) is 24.3 Å². The van der Waals surface area contributed by atoms with Crippen molar-refractivity contribution in [3.63, 3.8) is 0 Å². The lowest BCUT2D eigenvalue weighted by molar-refractivity contribution is 0.0751. The highest BCUT2D eigenvalue weighted by atomic mass is 35.5. The number of nitrogens with one attached hydrogen (secondary N) is 1. The second kappa shape index (κ2) is 7.98. The molecule has 2 aromatic carbocycles. The normalized spacial score (nSPS) is 20.6. The number of halogens is 1. The third-order valence-electron chi connectivity index (χ3n) is 4.67. The Labute approximate surface area is 158 Å². The van der Waals surface area contributed by atoms with Crippen LogP contribution in [0.4, 0.5) is 4.79 Å². The van der Waals surface area contributed by atoms with E-state index in [2.05, 4.69) is 5.32 Å². The molecule has 0 aromatic heterocycles. The molecule has 5 nitrogen and oxygen atoms in total. The predicted molar refractivity (Wildman–Crippen MR) is 102 cm³/mol. The van der Waals surface area contributed by atoms with Crippen LogP contribution < -0.4 is 10.1 Å². The van der Waals surface area contributed by atoms with Gasteiger partial charge in [0.2, 0.25) is 0 Å². The van der Waals surface area contributed by atoms with E-state index in [1.54, 1.807) is 0 Å². The molecule has 3 rings (SSSR count). The second-order valence-electron chi connectivity index (χ2n) is 6.68. The summed E-state index contributed by atoms with van der Waals surface area (Å²) in [6.07, 6.45) is -0.620. The van der Waals surface area contributed by atoms with Crippen molar-refractivity contribution in [1.82, 2.24) is 10.2 Å². The molecule has 26 heavy (non-hydrogen) atoms. The van der Waals surface area contributed by atoms with Gasteiger partial charge in [0.15, 0.2) is 0 Å². The van der Waals surface area contributed by atoms with E-state index in [9.17, 15) is 4.79 Å². The zero-order chi connectivity index (χ0) is 18.7. The van der Waals surface area contributed by atoms with Gasteiger partial charge in [-0.2, -0.15) is 0 Å². The van der Waals surface area contributed by atoms with Gasteiger partial charge in [-0.15, -0.1) is 0 Å². The van der Waals surface area contributed by atoms with Crippen molar-refractivity contribution in [2.24, 2.45) is 0 Å². The molecule has 2 aromatic rings. The number of cyclic esters (lactones) is 1. The first-order valence-electron chi connectivity index (χ1n) is 8.55. The van der Waals surface area contributed by atoms with Gasteiger partial charge in [-0.1, -0.05) is 35.9 Å². The molecule has 1 amide bonds. The summed E-state index contributed by atoms with van der Waals surface area (Å²) in [6, 6.07) is 15.2. The van der Waals surface area contributed by atoms with Crippen molar-refractivity contribution in [2.45, 2.75) is 31.7 Å². The number of ether oxygens (including phenoxy) is 2. The average molecular weight is 375 g/mol. The number of alkyl carbamates (subject to hydrolysis) is 1. The van der Waals surface area contributed by atoms with Crippen LogP contribution in [0.25, 0.3) is 0 Å². The smallest absolute Gasteiger partial charge is 0.408 e. The molecule has 1 aliphatic rings. The van der Waals surface area contributed by atoms with Crippen molar-refractivity contribution >= 4 is 17.7 Å². The summed E-state index contributed by atoms with van der Waals surface area (Å²) < 4.78 is 11.3. The Kier molecular flexibility index (Phi) is 5.69. The van der Waals surface area contributed by atoms with Gasteiger partial charge >= 0.3 is 6.09 Å². The molecular weight excluding hydrogens is 352 g/mol. The fourth-order valence-electron chi connectivity index (χ4n) is 2.94. The third-order valence-corrected chi connectivity index (χ3v) is 4.90. The maximum absolute atomic E-state index is 11.7. The summed E-state index contributed by atoms with van der Waals surface area (Å²) in [7, 11) is 3.95. The lowest BCUT2D eigenvalue weighted by atomic mass is 9.97. The van der Waals surface area contributed by atoms with Crippen molar-refractivity contribution in [3.05, 3.63) is 64.7 Å². The number of rotatable bonds is 6. The lowest BCUT2D eigenvalue weighted by Gasteiger charge is -2.28. The molecule has 0 saturated carbocycles. The van der Waals surface area contributed by atoms with Crippen molar-refractivity contribution < 1.29 is 14.3 Å². The molecule has 3 unspecified atom stereocenters. The number of likely N-dealkylation sites (N-methyl/N-ethyl adjacent to an activating group) is 1. The minimum Gasteiger partial charge on any atom is -0.489 e. The van der Waals surface area contributed by atoms with Gasteiger partial charge in [-0.05, 0) is 56.4 Å². The molecule has 1 saturated heterocycles. The van der Waals surface area contributed by atoms with Gasteiger partial charge in [0, 0.05) is 11.1 Å². The van der Waals surface area contributed by atoms with Gasteiger partial charge in [-0.25, -0.2) is 4.79 Å². The van der Waals surface area contributed by atoms with E-state index in [0.29, 0.717) is 11.6 Å². The van der Waals surface area contributed by atoms with Crippen LogP contribution in [0, 0.1) is 0 Å². The zero-order valence-corrected chi connectivity index (χ0v) is 15.9. The molecule has 0 radical (unpaired) electrons. The molecule has 1 heterocycles. The first kappa shape index (κ1) is 18.5. The summed E-state index contributed by atoms with van der Waals surface area (Å²) in [5.41, 5.74) is 2.00. The Morgan fingerprint density at radius 2 is 1.96 bits per heavy atom. The van der Waals surface area contributed by atoms with Gasteiger partial charge in [-0.3, -0.25) is 0 Å². The van der Waals surface area contributed by atoms with E-state index < -0.39 is 0 Å². The van der Waals surface area contributed by atoms with E-state index in [4.69, 9.17) is 21.1 Å². The molecule has 0 aliphatic carbocycles. The quantitative estimate of drug-likeness (QED) is 0.829. The Hall–Kier alpha value is -2.24. The summed E-state index contributed by atoms with van der Waals surface area (Å²) in [5, 5.41) is 3.59. The summed E-state index contributed by atoms with van der Waals surface area (Å²) >= 11 is 5.99. The SMILES string of the molecule is CC(C1OC(=O)NC1c1ccc(OCc2cccc(Cl)c2)cc1)N(C)C. The van der Waals surface area contributed by atoms with Crippen molar-refractivity contribution in [3.8, 4) is 5.75 Å². The Bertz CT molecular complexity index is 764. The summed E-state index contributed by atoms with van der Waals surface area (Å²) in [6.45, 7) is 2.49. The van der Waals surface area contributed by atoms with Crippen LogP contribution in [0.5, 0.6) is 5.75 Å². The van der Waals surface area contributed by atoms with Crippen LogP contribution >= 0.6 is 11.6 Å². The highest BCUT2D eigenvalue weighted by Gasteiger charge is 2.39. The molecule has 3 atom stereocenters. The number of hydrogen-bond donors (Lipinski definition) is 1. The number of carbonyl (C=O) groups excluding carboxylic acids is 1. The molecule has 6 heteroatoms. The van der Waals surface area contributed by atoms with E-state index in [0.717, 1.165) is 16.9 Å². The molecule has 1 fully saturated rings. The van der Waals surface area contributed by atoms with Crippen LogP contribution in [0.15, 0.2) is 48.5 Å². The maximum atomic E-state index is 11.7. The minimum absolute atomic E-state index is 0.0951. The minimum atomic E-state index is -0.380. The van der Waals surface area contributed by atoms with Gasteiger partial charge in [0.1, 0.15) is 18.5 Å². The number of nitrogens with zero attached hydrogens (tertiary/aromatic N) is 1. The Morgan fingerprint density at radius 3 is 2.62 bits per heavy atom. The van der Waals surface area contributed by atoms with Crippen LogP contribution in [0.3, 0.4) is 0 Å². The molecular formula is C20H23ClN2O3. The monoisotopic (exact) mass is 374 g/mol. The van der Waals surface area contributed by atoms with Crippen LogP contribution in [-0.2, 0) is 11.3 Å². The highest BCUT2D eigenvalue weighted by molar-refractivity contribution is 6.30. The Morgan fingerprint density at radius 1 is 1.23 bits per heavy atom. The first-order chi connectivity index (χ1) is 12.4. The van der Waals surface area contributed by atoms with Gasteiger partial charge < -0.3 is 19.7 Å². The average Bonchev–Trinajstić information content (AvgIpc) is 3.01. The van der Waals surface area contributed by atoms with Crippen molar-refractivity contribution in [1.29, 1.82) is 0 Å². The number of hydrogen-bond acceptors (Lipinski definition) is 4. The maximum Gasteiger partial charge on any atom is 0.408 e. The molecule has 138 valence electrons. The van der Waals surface area contributed by atoms with Crippen LogP contribution in [0.1, 0.15) is 24.1 Å².